The Hall–Kier alpha value is -1.75. The second kappa shape index (κ2) is 6.61. The molecule has 0 radical (unpaired) electrons. The molecule has 5 heteroatoms. The van der Waals surface area contributed by atoms with Gasteiger partial charge in [0.05, 0.1) is 11.7 Å². The van der Waals surface area contributed by atoms with Crippen molar-refractivity contribution in [2.24, 2.45) is 5.92 Å². The van der Waals surface area contributed by atoms with Crippen molar-refractivity contribution in [2.75, 3.05) is 6.54 Å². The van der Waals surface area contributed by atoms with Crippen LogP contribution in [0.5, 0.6) is 0 Å². The van der Waals surface area contributed by atoms with E-state index in [2.05, 4.69) is 60.7 Å². The fourth-order valence-electron chi connectivity index (χ4n) is 2.16. The van der Waals surface area contributed by atoms with Crippen molar-refractivity contribution in [2.45, 2.75) is 40.2 Å². The molecule has 0 aliphatic heterocycles. The lowest BCUT2D eigenvalue weighted by Gasteiger charge is -2.16. The van der Waals surface area contributed by atoms with E-state index in [1.54, 1.807) is 0 Å². The molecule has 1 atom stereocenters. The third kappa shape index (κ3) is 3.22. The Labute approximate surface area is 120 Å². The maximum absolute atomic E-state index is 4.19. The van der Waals surface area contributed by atoms with Gasteiger partial charge in [-0.25, -0.2) is 0 Å². The summed E-state index contributed by atoms with van der Waals surface area (Å²) in [4.78, 5) is 0. The molecule has 1 aromatic heterocycles. The molecule has 0 aliphatic rings. The van der Waals surface area contributed by atoms with E-state index in [0.29, 0.717) is 5.92 Å². The van der Waals surface area contributed by atoms with Crippen molar-refractivity contribution in [3.8, 4) is 5.69 Å². The van der Waals surface area contributed by atoms with Gasteiger partial charge in [-0.1, -0.05) is 39.0 Å². The molecule has 0 aliphatic carbocycles. The van der Waals surface area contributed by atoms with Gasteiger partial charge in [-0.2, -0.15) is 4.68 Å². The molecule has 0 spiro atoms. The molecule has 1 heterocycles. The summed E-state index contributed by atoms with van der Waals surface area (Å²) in [5, 5.41) is 15.7. The Balaban J connectivity index is 2.28. The van der Waals surface area contributed by atoms with Gasteiger partial charge in [0.25, 0.3) is 0 Å². The predicted octanol–water partition coefficient (Wildman–Crippen LogP) is 2.53. The first-order chi connectivity index (χ1) is 9.63. The van der Waals surface area contributed by atoms with E-state index in [-0.39, 0.29) is 6.04 Å². The van der Waals surface area contributed by atoms with Crippen molar-refractivity contribution >= 4 is 0 Å². The highest BCUT2D eigenvalue weighted by atomic mass is 15.5. The number of nitrogens with zero attached hydrogens (tertiary/aromatic N) is 4. The van der Waals surface area contributed by atoms with Crippen molar-refractivity contribution < 1.29 is 0 Å². The average molecular weight is 273 g/mol. The Morgan fingerprint density at radius 3 is 2.65 bits per heavy atom. The van der Waals surface area contributed by atoms with Crippen LogP contribution >= 0.6 is 0 Å². The first-order valence-corrected chi connectivity index (χ1v) is 7.23. The average Bonchev–Trinajstić information content (AvgIpc) is 2.93. The number of tetrazole rings is 1. The Morgan fingerprint density at radius 1 is 1.20 bits per heavy atom. The van der Waals surface area contributed by atoms with Gasteiger partial charge < -0.3 is 5.32 Å². The number of nitrogens with one attached hydrogen (secondary N) is 1. The van der Waals surface area contributed by atoms with Crippen LogP contribution < -0.4 is 5.32 Å². The molecule has 1 aromatic carbocycles. The minimum atomic E-state index is 0.123. The first-order valence-electron chi connectivity index (χ1n) is 7.23. The maximum atomic E-state index is 4.19. The lowest BCUT2D eigenvalue weighted by molar-refractivity contribution is 0.474. The number of benzene rings is 1. The van der Waals surface area contributed by atoms with E-state index in [4.69, 9.17) is 0 Å². The Kier molecular flexibility index (Phi) is 4.84. The van der Waals surface area contributed by atoms with Gasteiger partial charge in [-0.05, 0) is 47.9 Å². The third-order valence-electron chi connectivity index (χ3n) is 3.31. The standard InChI is InChI=1S/C15H23N5/c1-5-13-8-6-7-9-14(13)20-15(17-18-19-20)12(4)16-10-11(2)3/h6-9,11-12,16H,5,10H2,1-4H3. The summed E-state index contributed by atoms with van der Waals surface area (Å²) in [5.74, 6) is 1.45. The van der Waals surface area contributed by atoms with Crippen LogP contribution in [0.15, 0.2) is 24.3 Å². The summed E-state index contributed by atoms with van der Waals surface area (Å²) in [5.41, 5.74) is 2.31. The van der Waals surface area contributed by atoms with Gasteiger partial charge in [-0.15, -0.1) is 5.10 Å². The molecule has 2 rings (SSSR count). The van der Waals surface area contributed by atoms with E-state index in [0.717, 1.165) is 24.5 Å². The number of para-hydroxylation sites is 1. The molecule has 0 amide bonds. The van der Waals surface area contributed by atoms with Crippen LogP contribution in [0, 0.1) is 5.92 Å². The molecule has 0 saturated carbocycles. The number of aromatic nitrogens is 4. The van der Waals surface area contributed by atoms with E-state index < -0.39 is 0 Å². The van der Waals surface area contributed by atoms with Crippen LogP contribution in [0.2, 0.25) is 0 Å². The zero-order valence-corrected chi connectivity index (χ0v) is 12.7. The highest BCUT2D eigenvalue weighted by molar-refractivity contribution is 5.40. The molecule has 20 heavy (non-hydrogen) atoms. The number of hydrogen-bond acceptors (Lipinski definition) is 4. The molecule has 0 saturated heterocycles. The highest BCUT2D eigenvalue weighted by Crippen LogP contribution is 2.18. The van der Waals surface area contributed by atoms with Crippen molar-refractivity contribution in [3.63, 3.8) is 0 Å². The molecule has 0 bridgehead atoms. The number of hydrogen-bond donors (Lipinski definition) is 1. The molecule has 5 nitrogen and oxygen atoms in total. The minimum absolute atomic E-state index is 0.123. The number of rotatable bonds is 6. The van der Waals surface area contributed by atoms with Crippen LogP contribution in [-0.4, -0.2) is 26.8 Å². The number of aryl methyl sites for hydroxylation is 1. The Morgan fingerprint density at radius 2 is 1.95 bits per heavy atom. The summed E-state index contributed by atoms with van der Waals surface area (Å²) in [7, 11) is 0. The van der Waals surface area contributed by atoms with Gasteiger partial charge in [0, 0.05) is 0 Å². The van der Waals surface area contributed by atoms with Crippen LogP contribution in [-0.2, 0) is 6.42 Å². The zero-order valence-electron chi connectivity index (χ0n) is 12.7. The van der Waals surface area contributed by atoms with Crippen LogP contribution in [0.4, 0.5) is 0 Å². The van der Waals surface area contributed by atoms with E-state index in [1.165, 1.54) is 5.56 Å². The van der Waals surface area contributed by atoms with Crippen molar-refractivity contribution in [3.05, 3.63) is 35.7 Å². The van der Waals surface area contributed by atoms with Crippen LogP contribution in [0.25, 0.3) is 5.69 Å². The summed E-state index contributed by atoms with van der Waals surface area (Å²) < 4.78 is 1.84. The van der Waals surface area contributed by atoms with Crippen molar-refractivity contribution in [1.82, 2.24) is 25.5 Å². The van der Waals surface area contributed by atoms with Gasteiger partial charge in [0.2, 0.25) is 0 Å². The predicted molar refractivity (Wildman–Crippen MR) is 79.8 cm³/mol. The Bertz CT molecular complexity index is 547. The molecule has 2 aromatic rings. The summed E-state index contributed by atoms with van der Waals surface area (Å²) >= 11 is 0. The maximum Gasteiger partial charge on any atom is 0.173 e. The van der Waals surface area contributed by atoms with Crippen LogP contribution in [0.3, 0.4) is 0 Å². The highest BCUT2D eigenvalue weighted by Gasteiger charge is 2.16. The smallest absolute Gasteiger partial charge is 0.173 e. The fourth-order valence-corrected chi connectivity index (χ4v) is 2.16. The topological polar surface area (TPSA) is 55.6 Å². The van der Waals surface area contributed by atoms with Crippen molar-refractivity contribution in [1.29, 1.82) is 0 Å². The molecular formula is C15H23N5. The second-order valence-corrected chi connectivity index (χ2v) is 5.45. The molecular weight excluding hydrogens is 250 g/mol. The SMILES string of the molecule is CCc1ccccc1-n1nnnc1C(C)NCC(C)C. The lowest BCUT2D eigenvalue weighted by Crippen LogP contribution is -2.26. The summed E-state index contributed by atoms with van der Waals surface area (Å²) in [6.45, 7) is 9.57. The van der Waals surface area contributed by atoms with Gasteiger partial charge >= 0.3 is 0 Å². The summed E-state index contributed by atoms with van der Waals surface area (Å²) in [6.07, 6.45) is 0.962. The van der Waals surface area contributed by atoms with Gasteiger partial charge in [0.1, 0.15) is 0 Å². The van der Waals surface area contributed by atoms with Gasteiger partial charge in [0.15, 0.2) is 5.82 Å². The lowest BCUT2D eigenvalue weighted by atomic mass is 10.1. The molecule has 108 valence electrons. The second-order valence-electron chi connectivity index (χ2n) is 5.45. The van der Waals surface area contributed by atoms with Crippen LogP contribution in [0.1, 0.15) is 45.1 Å². The van der Waals surface area contributed by atoms with E-state index in [9.17, 15) is 0 Å². The molecule has 0 fully saturated rings. The minimum Gasteiger partial charge on any atom is -0.307 e. The first kappa shape index (κ1) is 14.7. The molecule has 1 N–H and O–H groups in total. The summed E-state index contributed by atoms with van der Waals surface area (Å²) in [6, 6.07) is 8.37. The fraction of sp³-hybridized carbons (Fsp3) is 0.533. The van der Waals surface area contributed by atoms with Gasteiger partial charge in [-0.3, -0.25) is 0 Å². The van der Waals surface area contributed by atoms with E-state index in [1.807, 2.05) is 16.8 Å². The normalized spacial score (nSPS) is 12.8. The third-order valence-corrected chi connectivity index (χ3v) is 3.31. The molecule has 1 unspecified atom stereocenters. The quantitative estimate of drug-likeness (QED) is 0.878. The zero-order chi connectivity index (χ0) is 14.5. The largest absolute Gasteiger partial charge is 0.307 e. The van der Waals surface area contributed by atoms with E-state index >= 15 is 0 Å². The monoisotopic (exact) mass is 273 g/mol.